The number of rotatable bonds is 3. The van der Waals surface area contributed by atoms with E-state index in [1.54, 1.807) is 0 Å². The number of urea groups is 1. The minimum Gasteiger partial charge on any atom is -0.322 e. The summed E-state index contributed by atoms with van der Waals surface area (Å²) >= 11 is 0. The average Bonchev–Trinajstić information content (AvgIpc) is 2.63. The van der Waals surface area contributed by atoms with Crippen molar-refractivity contribution in [2.75, 3.05) is 31.5 Å². The molecule has 0 aromatic heterocycles. The Hall–Kier alpha value is -1.55. The van der Waals surface area contributed by atoms with E-state index in [-0.39, 0.29) is 6.03 Å². The maximum absolute atomic E-state index is 12.5. The third kappa shape index (κ3) is 4.05. The Morgan fingerprint density at radius 1 is 1.09 bits per heavy atom. The average molecular weight is 315 g/mol. The lowest BCUT2D eigenvalue weighted by Crippen LogP contribution is -2.53. The van der Waals surface area contributed by atoms with E-state index in [0.717, 1.165) is 44.3 Å². The molecule has 23 heavy (non-hydrogen) atoms. The molecular weight excluding hydrogens is 286 g/mol. The number of benzene rings is 1. The fraction of sp³-hybridized carbons (Fsp3) is 0.632. The molecular formula is C19H29N3O. The van der Waals surface area contributed by atoms with Crippen molar-refractivity contribution in [3.05, 3.63) is 29.8 Å². The smallest absolute Gasteiger partial charge is 0.321 e. The van der Waals surface area contributed by atoms with Gasteiger partial charge in [0.25, 0.3) is 0 Å². The topological polar surface area (TPSA) is 35.6 Å². The molecule has 2 fully saturated rings. The zero-order chi connectivity index (χ0) is 16.1. The van der Waals surface area contributed by atoms with Crippen LogP contribution in [0.15, 0.2) is 24.3 Å². The Kier molecular flexibility index (Phi) is 5.55. The van der Waals surface area contributed by atoms with Gasteiger partial charge in [-0.3, -0.25) is 4.90 Å². The first-order valence-electron chi connectivity index (χ1n) is 9.16. The summed E-state index contributed by atoms with van der Waals surface area (Å²) in [6.07, 6.45) is 7.77. The first kappa shape index (κ1) is 16.3. The Balaban J connectivity index is 1.52. The highest BCUT2D eigenvalue weighted by molar-refractivity contribution is 5.90. The van der Waals surface area contributed by atoms with E-state index < -0.39 is 0 Å². The molecule has 1 aromatic carbocycles. The summed E-state index contributed by atoms with van der Waals surface area (Å²) < 4.78 is 0. The first-order valence-corrected chi connectivity index (χ1v) is 9.16. The summed E-state index contributed by atoms with van der Waals surface area (Å²) in [4.78, 5) is 17.1. The van der Waals surface area contributed by atoms with Crippen molar-refractivity contribution in [2.24, 2.45) is 0 Å². The number of hydrogen-bond acceptors (Lipinski definition) is 2. The normalized spacial score (nSPS) is 20.5. The fourth-order valence-electron chi connectivity index (χ4n) is 3.88. The van der Waals surface area contributed by atoms with Gasteiger partial charge in [-0.1, -0.05) is 44.4 Å². The Morgan fingerprint density at radius 3 is 2.48 bits per heavy atom. The van der Waals surface area contributed by atoms with Crippen molar-refractivity contribution < 1.29 is 4.79 Å². The zero-order valence-corrected chi connectivity index (χ0v) is 14.3. The van der Waals surface area contributed by atoms with Crippen LogP contribution in [0, 0.1) is 0 Å². The van der Waals surface area contributed by atoms with Gasteiger partial charge in [0.15, 0.2) is 0 Å². The van der Waals surface area contributed by atoms with Gasteiger partial charge < -0.3 is 10.2 Å². The molecule has 1 aromatic rings. The predicted octanol–water partition coefficient (Wildman–Crippen LogP) is 3.73. The van der Waals surface area contributed by atoms with Gasteiger partial charge >= 0.3 is 6.03 Å². The van der Waals surface area contributed by atoms with Crippen LogP contribution in [0.25, 0.3) is 0 Å². The number of carbonyl (C=O) groups is 1. The molecule has 0 unspecified atom stereocenters. The van der Waals surface area contributed by atoms with E-state index in [4.69, 9.17) is 0 Å². The van der Waals surface area contributed by atoms with Gasteiger partial charge in [-0.25, -0.2) is 4.79 Å². The molecule has 0 bridgehead atoms. The molecule has 1 heterocycles. The van der Waals surface area contributed by atoms with Crippen molar-refractivity contribution >= 4 is 11.7 Å². The fourth-order valence-corrected chi connectivity index (χ4v) is 3.88. The van der Waals surface area contributed by atoms with Crippen LogP contribution in [-0.4, -0.2) is 48.1 Å². The largest absolute Gasteiger partial charge is 0.322 e. The van der Waals surface area contributed by atoms with Crippen LogP contribution < -0.4 is 5.32 Å². The van der Waals surface area contributed by atoms with E-state index in [2.05, 4.69) is 23.2 Å². The maximum atomic E-state index is 12.5. The molecule has 3 rings (SSSR count). The summed E-state index contributed by atoms with van der Waals surface area (Å²) in [5, 5.41) is 3.09. The molecule has 1 aliphatic carbocycles. The second-order valence-electron chi connectivity index (χ2n) is 6.76. The Bertz CT molecular complexity index is 517. The zero-order valence-electron chi connectivity index (χ0n) is 14.3. The predicted molar refractivity (Wildman–Crippen MR) is 94.9 cm³/mol. The monoisotopic (exact) mass is 315 g/mol. The van der Waals surface area contributed by atoms with Gasteiger partial charge in [0.2, 0.25) is 0 Å². The molecule has 2 aliphatic rings. The van der Waals surface area contributed by atoms with Gasteiger partial charge in [-0.05, 0) is 30.9 Å². The quantitative estimate of drug-likeness (QED) is 0.922. The number of nitrogens with zero attached hydrogens (tertiary/aromatic N) is 2. The van der Waals surface area contributed by atoms with E-state index in [1.807, 2.05) is 23.1 Å². The molecule has 1 N–H and O–H groups in total. The molecule has 2 amide bonds. The molecule has 4 heteroatoms. The lowest BCUT2D eigenvalue weighted by molar-refractivity contribution is 0.0943. The van der Waals surface area contributed by atoms with Crippen LogP contribution in [0.5, 0.6) is 0 Å². The van der Waals surface area contributed by atoms with Crippen LogP contribution in [-0.2, 0) is 6.42 Å². The molecule has 0 atom stereocenters. The third-order valence-electron chi connectivity index (χ3n) is 5.33. The van der Waals surface area contributed by atoms with Crippen LogP contribution in [0.2, 0.25) is 0 Å². The number of amides is 2. The number of piperazine rings is 1. The minimum absolute atomic E-state index is 0.0502. The van der Waals surface area contributed by atoms with Crippen LogP contribution in [0.4, 0.5) is 10.5 Å². The summed E-state index contributed by atoms with van der Waals surface area (Å²) in [5.41, 5.74) is 2.15. The number of anilines is 1. The second kappa shape index (κ2) is 7.82. The third-order valence-corrected chi connectivity index (χ3v) is 5.33. The highest BCUT2D eigenvalue weighted by atomic mass is 16.2. The minimum atomic E-state index is 0.0502. The number of nitrogens with one attached hydrogen (secondary N) is 1. The number of carbonyl (C=O) groups excluding carboxylic acids is 1. The summed E-state index contributed by atoms with van der Waals surface area (Å²) in [7, 11) is 0. The van der Waals surface area contributed by atoms with Crippen molar-refractivity contribution in [1.29, 1.82) is 0 Å². The lowest BCUT2D eigenvalue weighted by Gasteiger charge is -2.40. The Labute approximate surface area is 139 Å². The first-order chi connectivity index (χ1) is 11.3. The van der Waals surface area contributed by atoms with Gasteiger partial charge in [0.1, 0.15) is 0 Å². The van der Waals surface area contributed by atoms with Crippen LogP contribution in [0.1, 0.15) is 44.6 Å². The Morgan fingerprint density at radius 2 is 1.78 bits per heavy atom. The number of para-hydroxylation sites is 1. The highest BCUT2D eigenvalue weighted by Gasteiger charge is 2.27. The SMILES string of the molecule is CCc1ccccc1NC(=O)N1CCN(C2CCCCC2)CC1. The van der Waals surface area contributed by atoms with Gasteiger partial charge in [-0.15, -0.1) is 0 Å². The van der Waals surface area contributed by atoms with E-state index in [9.17, 15) is 4.79 Å². The van der Waals surface area contributed by atoms with Crippen LogP contribution >= 0.6 is 0 Å². The molecule has 4 nitrogen and oxygen atoms in total. The van der Waals surface area contributed by atoms with Crippen molar-refractivity contribution in [3.8, 4) is 0 Å². The van der Waals surface area contributed by atoms with Crippen molar-refractivity contribution in [1.82, 2.24) is 9.80 Å². The van der Waals surface area contributed by atoms with Gasteiger partial charge in [0.05, 0.1) is 0 Å². The van der Waals surface area contributed by atoms with Crippen molar-refractivity contribution in [3.63, 3.8) is 0 Å². The van der Waals surface area contributed by atoms with E-state index >= 15 is 0 Å². The van der Waals surface area contributed by atoms with Gasteiger partial charge in [0, 0.05) is 37.9 Å². The maximum Gasteiger partial charge on any atom is 0.321 e. The molecule has 1 saturated carbocycles. The highest BCUT2D eigenvalue weighted by Crippen LogP contribution is 2.24. The van der Waals surface area contributed by atoms with Crippen molar-refractivity contribution in [2.45, 2.75) is 51.5 Å². The summed E-state index contributed by atoms with van der Waals surface area (Å²) in [5.74, 6) is 0. The second-order valence-corrected chi connectivity index (χ2v) is 6.76. The molecule has 0 radical (unpaired) electrons. The molecule has 0 spiro atoms. The molecule has 126 valence electrons. The summed E-state index contributed by atoms with van der Waals surface area (Å²) in [6.45, 7) is 5.85. The van der Waals surface area contributed by atoms with Gasteiger partial charge in [-0.2, -0.15) is 0 Å². The molecule has 1 saturated heterocycles. The van der Waals surface area contributed by atoms with E-state index in [0.29, 0.717) is 0 Å². The molecule has 1 aliphatic heterocycles. The number of hydrogen-bond donors (Lipinski definition) is 1. The van der Waals surface area contributed by atoms with E-state index in [1.165, 1.54) is 37.7 Å². The van der Waals surface area contributed by atoms with Crippen LogP contribution in [0.3, 0.4) is 0 Å². The standard InChI is InChI=1S/C19H29N3O/c1-2-16-8-6-7-11-18(16)20-19(23)22-14-12-21(13-15-22)17-9-4-3-5-10-17/h6-8,11,17H,2-5,9-10,12-15H2,1H3,(H,20,23). The summed E-state index contributed by atoms with van der Waals surface area (Å²) in [6, 6.07) is 8.89. The lowest BCUT2D eigenvalue weighted by atomic mass is 9.94. The number of aryl methyl sites for hydroxylation is 1.